The SMILES string of the molecule is N#CC(C#N)(Cc1ccccc1)C(C(=O)OCc1ccccc1)c1ccccc1. The molecular weight excluding hydrogens is 360 g/mol. The largest absolute Gasteiger partial charge is 0.460 e. The first-order chi connectivity index (χ1) is 14.2. The average Bonchev–Trinajstić information content (AvgIpc) is 2.79. The third kappa shape index (κ3) is 4.69. The van der Waals surface area contributed by atoms with Crippen LogP contribution in [0.2, 0.25) is 0 Å². The van der Waals surface area contributed by atoms with Crippen molar-refractivity contribution in [2.75, 3.05) is 0 Å². The van der Waals surface area contributed by atoms with Crippen LogP contribution in [-0.2, 0) is 22.6 Å². The predicted octanol–water partition coefficient (Wildman–Crippen LogP) is 4.79. The fourth-order valence-corrected chi connectivity index (χ4v) is 3.33. The Bertz CT molecular complexity index is 1010. The van der Waals surface area contributed by atoms with E-state index in [1.54, 1.807) is 24.3 Å². The summed E-state index contributed by atoms with van der Waals surface area (Å²) >= 11 is 0. The lowest BCUT2D eigenvalue weighted by Crippen LogP contribution is -2.35. The number of esters is 1. The van der Waals surface area contributed by atoms with Gasteiger partial charge in [0.05, 0.1) is 12.1 Å². The molecule has 29 heavy (non-hydrogen) atoms. The van der Waals surface area contributed by atoms with Crippen molar-refractivity contribution in [3.63, 3.8) is 0 Å². The van der Waals surface area contributed by atoms with Gasteiger partial charge in [-0.25, -0.2) is 0 Å². The van der Waals surface area contributed by atoms with Gasteiger partial charge >= 0.3 is 5.97 Å². The Labute approximate surface area is 170 Å². The van der Waals surface area contributed by atoms with E-state index in [9.17, 15) is 15.3 Å². The first-order valence-electron chi connectivity index (χ1n) is 9.30. The lowest BCUT2D eigenvalue weighted by Gasteiger charge is -2.28. The van der Waals surface area contributed by atoms with Crippen molar-refractivity contribution in [1.82, 2.24) is 0 Å². The summed E-state index contributed by atoms with van der Waals surface area (Å²) in [6.07, 6.45) is 0.126. The Hall–Kier alpha value is -3.89. The summed E-state index contributed by atoms with van der Waals surface area (Å²) in [6, 6.07) is 31.7. The molecule has 0 aliphatic rings. The van der Waals surface area contributed by atoms with Gasteiger partial charge in [-0.1, -0.05) is 91.0 Å². The minimum atomic E-state index is -1.59. The van der Waals surface area contributed by atoms with E-state index in [2.05, 4.69) is 12.1 Å². The van der Waals surface area contributed by atoms with Crippen LogP contribution in [0.25, 0.3) is 0 Å². The number of hydrogen-bond acceptors (Lipinski definition) is 4. The van der Waals surface area contributed by atoms with Crippen molar-refractivity contribution in [2.24, 2.45) is 5.41 Å². The predicted molar refractivity (Wildman–Crippen MR) is 109 cm³/mol. The minimum Gasteiger partial charge on any atom is -0.460 e. The van der Waals surface area contributed by atoms with Gasteiger partial charge in [0.15, 0.2) is 5.41 Å². The second-order valence-electron chi connectivity index (χ2n) is 6.79. The summed E-state index contributed by atoms with van der Waals surface area (Å²) in [5.74, 6) is -1.61. The van der Waals surface area contributed by atoms with Crippen molar-refractivity contribution >= 4 is 5.97 Å². The van der Waals surface area contributed by atoms with Crippen LogP contribution in [0.5, 0.6) is 0 Å². The van der Waals surface area contributed by atoms with Crippen molar-refractivity contribution in [2.45, 2.75) is 18.9 Å². The molecule has 4 nitrogen and oxygen atoms in total. The molecule has 0 saturated heterocycles. The monoisotopic (exact) mass is 380 g/mol. The molecule has 0 aliphatic heterocycles. The molecule has 0 aliphatic carbocycles. The summed E-state index contributed by atoms with van der Waals surface area (Å²) in [7, 11) is 0. The highest BCUT2D eigenvalue weighted by molar-refractivity contribution is 5.81. The molecule has 3 rings (SSSR count). The number of benzene rings is 3. The topological polar surface area (TPSA) is 73.9 Å². The Kier molecular flexibility index (Phi) is 6.40. The van der Waals surface area contributed by atoms with Gasteiger partial charge < -0.3 is 4.74 Å². The Morgan fingerprint density at radius 3 is 1.79 bits per heavy atom. The van der Waals surface area contributed by atoms with Crippen molar-refractivity contribution in [1.29, 1.82) is 10.5 Å². The van der Waals surface area contributed by atoms with Gasteiger partial charge in [-0.15, -0.1) is 0 Å². The van der Waals surface area contributed by atoms with Crippen LogP contribution in [0, 0.1) is 28.1 Å². The van der Waals surface area contributed by atoms with E-state index in [1.165, 1.54) is 0 Å². The number of nitriles is 2. The smallest absolute Gasteiger partial charge is 0.316 e. The van der Waals surface area contributed by atoms with E-state index < -0.39 is 17.3 Å². The van der Waals surface area contributed by atoms with E-state index in [-0.39, 0.29) is 13.0 Å². The molecule has 0 fully saturated rings. The molecule has 0 bridgehead atoms. The molecule has 4 heteroatoms. The molecule has 0 spiro atoms. The zero-order valence-corrected chi connectivity index (χ0v) is 15.9. The molecular formula is C25H20N2O2. The Morgan fingerprint density at radius 2 is 1.28 bits per heavy atom. The molecule has 142 valence electrons. The first kappa shape index (κ1) is 19.9. The zero-order chi connectivity index (χ0) is 20.5. The molecule has 0 amide bonds. The first-order valence-corrected chi connectivity index (χ1v) is 9.30. The number of nitrogens with zero attached hydrogens (tertiary/aromatic N) is 2. The molecule has 3 aromatic carbocycles. The Balaban J connectivity index is 1.96. The number of ether oxygens (including phenoxy) is 1. The van der Waals surface area contributed by atoms with Crippen molar-refractivity contribution in [3.05, 3.63) is 108 Å². The summed E-state index contributed by atoms with van der Waals surface area (Å²) in [5, 5.41) is 20.0. The number of rotatable bonds is 7. The lowest BCUT2D eigenvalue weighted by molar-refractivity contribution is -0.148. The van der Waals surface area contributed by atoms with Crippen LogP contribution in [0.15, 0.2) is 91.0 Å². The highest BCUT2D eigenvalue weighted by Gasteiger charge is 2.46. The maximum atomic E-state index is 13.1. The normalized spacial score (nSPS) is 11.7. The average molecular weight is 380 g/mol. The summed E-state index contributed by atoms with van der Waals surface area (Å²) in [4.78, 5) is 13.1. The highest BCUT2D eigenvalue weighted by atomic mass is 16.5. The molecule has 0 radical (unpaired) electrons. The van der Waals surface area contributed by atoms with Crippen LogP contribution < -0.4 is 0 Å². The van der Waals surface area contributed by atoms with Gasteiger partial charge in [0, 0.05) is 6.42 Å². The van der Waals surface area contributed by atoms with E-state index >= 15 is 0 Å². The van der Waals surface area contributed by atoms with Gasteiger partial charge in [0.2, 0.25) is 0 Å². The van der Waals surface area contributed by atoms with Gasteiger partial charge in [-0.3, -0.25) is 4.79 Å². The van der Waals surface area contributed by atoms with Crippen LogP contribution in [0.3, 0.4) is 0 Å². The molecule has 0 aromatic heterocycles. The molecule has 0 N–H and O–H groups in total. The maximum Gasteiger partial charge on any atom is 0.316 e. The third-order valence-corrected chi connectivity index (χ3v) is 4.81. The van der Waals surface area contributed by atoms with Gasteiger partial charge in [-0.2, -0.15) is 10.5 Å². The molecule has 1 unspecified atom stereocenters. The van der Waals surface area contributed by atoms with Crippen LogP contribution in [0.1, 0.15) is 22.6 Å². The Morgan fingerprint density at radius 1 is 0.793 bits per heavy atom. The molecule has 3 aromatic rings. The van der Waals surface area contributed by atoms with E-state index in [4.69, 9.17) is 4.74 Å². The lowest BCUT2D eigenvalue weighted by atomic mass is 9.70. The quantitative estimate of drug-likeness (QED) is 0.552. The second-order valence-corrected chi connectivity index (χ2v) is 6.79. The van der Waals surface area contributed by atoms with E-state index in [1.807, 2.05) is 66.7 Å². The fraction of sp³-hybridized carbons (Fsp3) is 0.160. The number of hydrogen-bond donors (Lipinski definition) is 0. The molecule has 0 saturated carbocycles. The number of carbonyl (C=O) groups is 1. The van der Waals surface area contributed by atoms with Crippen molar-refractivity contribution in [3.8, 4) is 12.1 Å². The standard InChI is InChI=1S/C25H20N2O2/c26-18-25(19-27,16-20-10-4-1-5-11-20)23(22-14-8-3-9-15-22)24(28)29-17-21-12-6-2-7-13-21/h1-15,23H,16-17H2. The van der Waals surface area contributed by atoms with Gasteiger partial charge in [0.25, 0.3) is 0 Å². The summed E-state index contributed by atoms with van der Waals surface area (Å²) in [5.41, 5.74) is 0.656. The maximum absolute atomic E-state index is 13.1. The highest BCUT2D eigenvalue weighted by Crippen LogP contribution is 2.39. The van der Waals surface area contributed by atoms with Crippen molar-refractivity contribution < 1.29 is 9.53 Å². The second kappa shape index (κ2) is 9.35. The summed E-state index contributed by atoms with van der Waals surface area (Å²) in [6.45, 7) is 0.0846. The van der Waals surface area contributed by atoms with E-state index in [0.29, 0.717) is 5.56 Å². The third-order valence-electron chi connectivity index (χ3n) is 4.81. The van der Waals surface area contributed by atoms with Gasteiger partial charge in [-0.05, 0) is 16.7 Å². The molecule has 1 atom stereocenters. The number of carbonyl (C=O) groups excluding carboxylic acids is 1. The summed E-state index contributed by atoms with van der Waals surface area (Å²) < 4.78 is 5.55. The zero-order valence-electron chi connectivity index (χ0n) is 15.9. The van der Waals surface area contributed by atoms with E-state index in [0.717, 1.165) is 11.1 Å². The van der Waals surface area contributed by atoms with Gasteiger partial charge in [0.1, 0.15) is 12.5 Å². The van der Waals surface area contributed by atoms with Crippen LogP contribution in [-0.4, -0.2) is 5.97 Å². The van der Waals surface area contributed by atoms with Crippen LogP contribution in [0.4, 0.5) is 0 Å². The minimum absolute atomic E-state index is 0.0846. The molecule has 0 heterocycles. The van der Waals surface area contributed by atoms with Crippen LogP contribution >= 0.6 is 0 Å². The fourth-order valence-electron chi connectivity index (χ4n) is 3.33.